The molecule has 0 saturated carbocycles. The summed E-state index contributed by atoms with van der Waals surface area (Å²) in [5.41, 5.74) is 0. The van der Waals surface area contributed by atoms with Crippen LogP contribution in [0.1, 0.15) is 0 Å². The van der Waals surface area contributed by atoms with Gasteiger partial charge in [-0.2, -0.15) is 17.5 Å². The van der Waals surface area contributed by atoms with Crippen molar-refractivity contribution in [2.75, 3.05) is 18.4 Å². The molecule has 0 aliphatic heterocycles. The second-order valence-electron chi connectivity index (χ2n) is 3.72. The Balaban J connectivity index is 3.22. The van der Waals surface area contributed by atoms with Crippen LogP contribution in [-0.2, 0) is 10.0 Å². The molecule has 0 aliphatic carbocycles. The van der Waals surface area contributed by atoms with E-state index in [9.17, 15) is 26.0 Å². The molecule has 0 radical (unpaired) electrons. The number of sulfonamides is 1. The Morgan fingerprint density at radius 1 is 1.25 bits per heavy atom. The molecule has 0 atom stereocenters. The van der Waals surface area contributed by atoms with Crippen molar-refractivity contribution in [1.82, 2.24) is 4.31 Å². The van der Waals surface area contributed by atoms with Gasteiger partial charge in [0, 0.05) is 16.3 Å². The summed E-state index contributed by atoms with van der Waals surface area (Å²) in [5, 5.41) is 0.000453. The van der Waals surface area contributed by atoms with E-state index in [1.807, 2.05) is 0 Å². The van der Waals surface area contributed by atoms with Crippen LogP contribution in [0.15, 0.2) is 27.6 Å². The fourth-order valence-electron chi connectivity index (χ4n) is 1.40. The number of halogens is 6. The highest BCUT2D eigenvalue weighted by Gasteiger charge is 2.37. The quantitative estimate of drug-likeness (QED) is 0.516. The zero-order valence-electron chi connectivity index (χ0n) is 9.79. The third-order valence-corrected chi connectivity index (χ3v) is 4.93. The largest absolute Gasteiger partial charge is 0.402 e. The minimum absolute atomic E-state index is 0.000453. The lowest BCUT2D eigenvalue weighted by molar-refractivity contribution is -0.135. The maximum atomic E-state index is 13.7. The topological polar surface area (TPSA) is 37.4 Å². The Morgan fingerprint density at radius 2 is 1.85 bits per heavy atom. The number of benzene rings is 1. The van der Waals surface area contributed by atoms with Crippen LogP contribution in [0, 0.1) is 5.82 Å². The first kappa shape index (κ1) is 17.9. The van der Waals surface area contributed by atoms with Gasteiger partial charge in [-0.3, -0.25) is 0 Å². The van der Waals surface area contributed by atoms with E-state index in [0.29, 0.717) is 0 Å². The predicted octanol–water partition coefficient (Wildman–Crippen LogP) is 3.54. The molecule has 10 heteroatoms. The van der Waals surface area contributed by atoms with E-state index in [0.717, 1.165) is 12.1 Å². The van der Waals surface area contributed by atoms with Gasteiger partial charge < -0.3 is 0 Å². The van der Waals surface area contributed by atoms with E-state index in [1.165, 1.54) is 6.07 Å². The third kappa shape index (κ3) is 4.68. The Morgan fingerprint density at radius 3 is 2.30 bits per heavy atom. The SMILES string of the molecule is O=S(=O)(c1ccc(Br)cc1F)N(CCBr)CC(F)(F)F. The molecule has 3 nitrogen and oxygen atoms in total. The number of nitrogens with zero attached hydrogens (tertiary/aromatic N) is 1. The molecule has 0 unspecified atom stereocenters. The summed E-state index contributed by atoms with van der Waals surface area (Å²) in [6.07, 6.45) is -4.71. The second kappa shape index (κ2) is 6.71. The van der Waals surface area contributed by atoms with Gasteiger partial charge in [0.2, 0.25) is 10.0 Å². The summed E-state index contributed by atoms with van der Waals surface area (Å²) in [5.74, 6) is -1.11. The van der Waals surface area contributed by atoms with E-state index in [1.54, 1.807) is 0 Å². The highest BCUT2D eigenvalue weighted by atomic mass is 79.9. The molecule has 0 bridgehead atoms. The summed E-state index contributed by atoms with van der Waals surface area (Å²) < 4.78 is 75.5. The first-order valence-electron chi connectivity index (χ1n) is 5.16. The molecule has 0 aromatic heterocycles. The van der Waals surface area contributed by atoms with Gasteiger partial charge in [-0.05, 0) is 18.2 Å². The fourth-order valence-corrected chi connectivity index (χ4v) is 3.87. The third-order valence-electron chi connectivity index (χ3n) is 2.20. The molecule has 20 heavy (non-hydrogen) atoms. The lowest BCUT2D eigenvalue weighted by atomic mass is 10.3. The number of rotatable bonds is 5. The van der Waals surface area contributed by atoms with E-state index < -0.39 is 40.0 Å². The first-order valence-corrected chi connectivity index (χ1v) is 8.51. The van der Waals surface area contributed by atoms with Gasteiger partial charge in [-0.25, -0.2) is 12.8 Å². The van der Waals surface area contributed by atoms with E-state index in [4.69, 9.17) is 0 Å². The zero-order chi connectivity index (χ0) is 15.6. The molecule has 1 rings (SSSR count). The molecule has 114 valence electrons. The normalized spacial score (nSPS) is 12.9. The maximum Gasteiger partial charge on any atom is 0.402 e. The Kier molecular flexibility index (Phi) is 6.00. The van der Waals surface area contributed by atoms with Crippen molar-refractivity contribution >= 4 is 41.9 Å². The number of hydrogen-bond donors (Lipinski definition) is 0. The standard InChI is InChI=1S/C10H9Br2F4NO2S/c11-3-4-17(6-10(14,15)16)20(18,19)9-2-1-7(12)5-8(9)13/h1-2,5H,3-4,6H2. The van der Waals surface area contributed by atoms with Crippen molar-refractivity contribution < 1.29 is 26.0 Å². The van der Waals surface area contributed by atoms with Crippen molar-refractivity contribution in [1.29, 1.82) is 0 Å². The molecule has 0 spiro atoms. The van der Waals surface area contributed by atoms with E-state index in [-0.39, 0.29) is 14.1 Å². The van der Waals surface area contributed by atoms with Crippen LogP contribution in [0.3, 0.4) is 0 Å². The predicted molar refractivity (Wildman–Crippen MR) is 72.7 cm³/mol. The fraction of sp³-hybridized carbons (Fsp3) is 0.400. The van der Waals surface area contributed by atoms with Crippen LogP contribution in [0.5, 0.6) is 0 Å². The molecule has 0 N–H and O–H groups in total. The summed E-state index contributed by atoms with van der Waals surface area (Å²) in [6.45, 7) is -2.09. The maximum absolute atomic E-state index is 13.7. The summed E-state index contributed by atoms with van der Waals surface area (Å²) >= 11 is 5.82. The van der Waals surface area contributed by atoms with E-state index >= 15 is 0 Å². The molecule has 0 heterocycles. The van der Waals surface area contributed by atoms with Gasteiger partial charge in [-0.1, -0.05) is 31.9 Å². The second-order valence-corrected chi connectivity index (χ2v) is 7.33. The smallest absolute Gasteiger partial charge is 0.207 e. The highest BCUT2D eigenvalue weighted by Crippen LogP contribution is 2.26. The summed E-state index contributed by atoms with van der Waals surface area (Å²) in [7, 11) is -4.56. The van der Waals surface area contributed by atoms with Crippen molar-refractivity contribution in [2.45, 2.75) is 11.1 Å². The van der Waals surface area contributed by atoms with Crippen molar-refractivity contribution in [3.8, 4) is 0 Å². The van der Waals surface area contributed by atoms with Gasteiger partial charge in [0.1, 0.15) is 17.3 Å². The van der Waals surface area contributed by atoms with Gasteiger partial charge in [0.05, 0.1) is 0 Å². The van der Waals surface area contributed by atoms with Gasteiger partial charge in [-0.15, -0.1) is 0 Å². The van der Waals surface area contributed by atoms with Crippen LogP contribution in [0.4, 0.5) is 17.6 Å². The molecule has 1 aromatic rings. The van der Waals surface area contributed by atoms with Gasteiger partial charge >= 0.3 is 6.18 Å². The molecule has 0 saturated heterocycles. The van der Waals surface area contributed by atoms with E-state index in [2.05, 4.69) is 31.9 Å². The molecular formula is C10H9Br2F4NO2S. The zero-order valence-corrected chi connectivity index (χ0v) is 13.8. The van der Waals surface area contributed by atoms with Crippen LogP contribution < -0.4 is 0 Å². The summed E-state index contributed by atoms with van der Waals surface area (Å²) in [4.78, 5) is -0.786. The number of hydrogen-bond acceptors (Lipinski definition) is 2. The molecular weight excluding hydrogens is 434 g/mol. The van der Waals surface area contributed by atoms with Crippen molar-refractivity contribution in [2.24, 2.45) is 0 Å². The molecule has 0 fully saturated rings. The Labute approximate surface area is 130 Å². The lowest BCUT2D eigenvalue weighted by Crippen LogP contribution is -2.40. The van der Waals surface area contributed by atoms with Crippen molar-refractivity contribution in [3.63, 3.8) is 0 Å². The minimum Gasteiger partial charge on any atom is -0.207 e. The lowest BCUT2D eigenvalue weighted by Gasteiger charge is -2.22. The minimum atomic E-state index is -4.71. The van der Waals surface area contributed by atoms with Gasteiger partial charge in [0.25, 0.3) is 0 Å². The van der Waals surface area contributed by atoms with Crippen LogP contribution in [0.25, 0.3) is 0 Å². The summed E-state index contributed by atoms with van der Waals surface area (Å²) in [6, 6.07) is 3.05. The molecule has 1 aromatic carbocycles. The average molecular weight is 443 g/mol. The highest BCUT2D eigenvalue weighted by molar-refractivity contribution is 9.10. The number of alkyl halides is 4. The van der Waals surface area contributed by atoms with Crippen molar-refractivity contribution in [3.05, 3.63) is 28.5 Å². The molecule has 0 aliphatic rings. The average Bonchev–Trinajstić information content (AvgIpc) is 2.26. The first-order chi connectivity index (χ1) is 9.08. The van der Waals surface area contributed by atoms with Crippen LogP contribution >= 0.6 is 31.9 Å². The Hall–Kier alpha value is -0.190. The molecule has 0 amide bonds. The van der Waals surface area contributed by atoms with Crippen LogP contribution in [0.2, 0.25) is 0 Å². The van der Waals surface area contributed by atoms with Gasteiger partial charge in [0.15, 0.2) is 0 Å². The Bertz CT molecular complexity index is 577. The monoisotopic (exact) mass is 441 g/mol. The van der Waals surface area contributed by atoms with Crippen LogP contribution in [-0.4, -0.2) is 37.3 Å².